The van der Waals surface area contributed by atoms with Crippen molar-refractivity contribution in [3.8, 4) is 55.8 Å². The van der Waals surface area contributed by atoms with E-state index in [9.17, 15) is 0 Å². The van der Waals surface area contributed by atoms with Gasteiger partial charge in [-0.05, 0) is 187 Å². The summed E-state index contributed by atoms with van der Waals surface area (Å²) >= 11 is 0. The van der Waals surface area contributed by atoms with E-state index >= 15 is 0 Å². The average molecular weight is 1030 g/mol. The molecule has 2 aliphatic heterocycles. The Bertz CT molecular complexity index is 3670. The van der Waals surface area contributed by atoms with Gasteiger partial charge in [0.15, 0.2) is 0 Å². The molecule has 0 amide bonds. The summed E-state index contributed by atoms with van der Waals surface area (Å²) in [6.45, 7) is 12.7. The number of allylic oxidation sites excluding steroid dienone is 4. The molecule has 0 atom stereocenters. The number of anilines is 4. The highest BCUT2D eigenvalue weighted by Crippen LogP contribution is 2.38. The Kier molecular flexibility index (Phi) is 14.4. The first kappa shape index (κ1) is 50.6. The topological polar surface area (TPSA) is 25.9 Å². The lowest BCUT2D eigenvalue weighted by atomic mass is 9.90. The van der Waals surface area contributed by atoms with Gasteiger partial charge in [0.25, 0.3) is 0 Å². The normalized spacial score (nSPS) is 13.5. The fraction of sp³-hybridized carbons (Fsp3) is 0.149. The molecule has 5 heteroatoms. The minimum atomic E-state index is 0.811. The molecule has 3 heterocycles. The van der Waals surface area contributed by atoms with Gasteiger partial charge in [-0.15, -0.1) is 0 Å². The summed E-state index contributed by atoms with van der Waals surface area (Å²) in [5.41, 5.74) is 28.4. The number of aromatic nitrogens is 1. The van der Waals surface area contributed by atoms with Gasteiger partial charge in [0.2, 0.25) is 0 Å². The van der Waals surface area contributed by atoms with Crippen LogP contribution in [-0.2, 0) is 25.7 Å². The van der Waals surface area contributed by atoms with Crippen molar-refractivity contribution in [3.63, 3.8) is 0 Å². The van der Waals surface area contributed by atoms with Gasteiger partial charge in [0.05, 0.1) is 19.0 Å². The van der Waals surface area contributed by atoms with Crippen molar-refractivity contribution in [2.24, 2.45) is 0 Å². The van der Waals surface area contributed by atoms with Crippen molar-refractivity contribution in [2.75, 3.05) is 32.9 Å². The van der Waals surface area contributed by atoms with Crippen LogP contribution in [0.4, 0.5) is 22.7 Å². The molecule has 0 fully saturated rings. The van der Waals surface area contributed by atoms with Gasteiger partial charge in [-0.25, -0.2) is 0 Å². The van der Waals surface area contributed by atoms with Crippen LogP contribution in [0.15, 0.2) is 266 Å². The SMILES string of the molecule is CC1=C(C)N(c2ccc(CCc3cc(CCc4ccc(N5CN(c6ccccc6)C(C)=C5C)cc4)cc(-c4ccccc4-c4ccc(-c5cc(-c6ccc(-c7ccccc7)cc6)c(C)cn5)cc4)c3)cc2)CN1c1ccccc1. The number of pyridine rings is 1. The monoisotopic (exact) mass is 1030 g/mol. The lowest BCUT2D eigenvalue weighted by Gasteiger charge is -2.24. The fourth-order valence-electron chi connectivity index (χ4n) is 11.5. The molecule has 388 valence electrons. The number of aryl methyl sites for hydroxylation is 5. The molecule has 9 aromatic carbocycles. The maximum Gasteiger partial charge on any atom is 0.0994 e. The van der Waals surface area contributed by atoms with E-state index in [4.69, 9.17) is 4.98 Å². The Balaban J connectivity index is 0.797. The highest BCUT2D eigenvalue weighted by molar-refractivity contribution is 5.85. The maximum absolute atomic E-state index is 4.94. The molecule has 0 saturated carbocycles. The van der Waals surface area contributed by atoms with E-state index in [2.05, 4.69) is 291 Å². The van der Waals surface area contributed by atoms with Gasteiger partial charge in [0, 0.05) is 57.3 Å². The number of rotatable bonds is 15. The van der Waals surface area contributed by atoms with E-state index in [0.717, 1.165) is 55.8 Å². The first-order chi connectivity index (χ1) is 38.7. The van der Waals surface area contributed by atoms with Crippen LogP contribution in [0.2, 0.25) is 0 Å². The second-order valence-corrected chi connectivity index (χ2v) is 21.3. The number of nitrogens with zero attached hydrogens (tertiary/aromatic N) is 5. The van der Waals surface area contributed by atoms with Gasteiger partial charge in [-0.2, -0.15) is 0 Å². The quantitative estimate of drug-likeness (QED) is 0.102. The van der Waals surface area contributed by atoms with Crippen molar-refractivity contribution in [1.29, 1.82) is 0 Å². The highest BCUT2D eigenvalue weighted by Gasteiger charge is 2.27. The summed E-state index contributed by atoms with van der Waals surface area (Å²) in [5.74, 6) is 0. The summed E-state index contributed by atoms with van der Waals surface area (Å²) in [4.78, 5) is 14.6. The zero-order valence-corrected chi connectivity index (χ0v) is 46.1. The molecule has 79 heavy (non-hydrogen) atoms. The third kappa shape index (κ3) is 10.8. The Morgan fingerprint density at radius 3 is 1.11 bits per heavy atom. The van der Waals surface area contributed by atoms with Crippen LogP contribution < -0.4 is 19.6 Å². The smallest absolute Gasteiger partial charge is 0.0994 e. The zero-order valence-electron chi connectivity index (χ0n) is 46.1. The minimum Gasteiger partial charge on any atom is -0.325 e. The van der Waals surface area contributed by atoms with Crippen LogP contribution in [0.1, 0.15) is 55.5 Å². The molecule has 1 aromatic heterocycles. The first-order valence-electron chi connectivity index (χ1n) is 27.9. The summed E-state index contributed by atoms with van der Waals surface area (Å²) < 4.78 is 0. The number of benzene rings is 9. The van der Waals surface area contributed by atoms with Crippen LogP contribution in [0.25, 0.3) is 55.8 Å². The van der Waals surface area contributed by atoms with Gasteiger partial charge in [0.1, 0.15) is 0 Å². The Morgan fingerprint density at radius 1 is 0.291 bits per heavy atom. The number of hydrogen-bond donors (Lipinski definition) is 0. The van der Waals surface area contributed by atoms with Gasteiger partial charge in [-0.1, -0.05) is 182 Å². The highest BCUT2D eigenvalue weighted by atomic mass is 15.4. The van der Waals surface area contributed by atoms with Crippen LogP contribution >= 0.6 is 0 Å². The lowest BCUT2D eigenvalue weighted by Crippen LogP contribution is -2.26. The van der Waals surface area contributed by atoms with E-state index in [1.807, 2.05) is 6.20 Å². The molecule has 0 saturated heterocycles. The molecule has 0 N–H and O–H groups in total. The van der Waals surface area contributed by atoms with Gasteiger partial charge < -0.3 is 19.6 Å². The van der Waals surface area contributed by atoms with E-state index < -0.39 is 0 Å². The van der Waals surface area contributed by atoms with Gasteiger partial charge >= 0.3 is 0 Å². The molecule has 0 spiro atoms. The minimum absolute atomic E-state index is 0.811. The molecule has 5 nitrogen and oxygen atoms in total. The van der Waals surface area contributed by atoms with Crippen LogP contribution in [0.3, 0.4) is 0 Å². The van der Waals surface area contributed by atoms with E-state index in [0.29, 0.717) is 0 Å². The van der Waals surface area contributed by atoms with E-state index in [1.54, 1.807) is 0 Å². The molecule has 0 unspecified atom stereocenters. The lowest BCUT2D eigenvalue weighted by molar-refractivity contribution is 0.922. The number of hydrogen-bond acceptors (Lipinski definition) is 5. The van der Waals surface area contributed by atoms with Crippen LogP contribution in [0, 0.1) is 6.92 Å². The Labute approximate surface area is 467 Å². The first-order valence-corrected chi connectivity index (χ1v) is 27.9. The van der Waals surface area contributed by atoms with E-state index in [1.165, 1.54) is 112 Å². The Morgan fingerprint density at radius 2 is 0.646 bits per heavy atom. The average Bonchev–Trinajstić information content (AvgIpc) is 4.07. The number of para-hydroxylation sites is 2. The standard InChI is InChI=1S/C74H67N5/c1-52-49-75-74(48-73(52)64-35-33-62(34-36-64)61-17-9-6-10-18-61)65-39-37-63(38-40-65)71-23-15-16-24-72(71)66-46-59(27-25-57-29-41-69(42-30-57)78-50-76(53(2)55(78)4)67-19-11-7-12-20-67)45-60(47-66)28-26-58-31-43-70(44-32-58)79-51-77(54(3)56(79)5)68-21-13-8-14-22-68/h6-24,29-49H,25-28,50-51H2,1-5H3. The third-order valence-corrected chi connectivity index (χ3v) is 16.5. The summed E-state index contributed by atoms with van der Waals surface area (Å²) in [5, 5.41) is 0. The molecule has 10 aromatic rings. The molecular weight excluding hydrogens is 959 g/mol. The molecule has 0 radical (unpaired) electrons. The molecule has 12 rings (SSSR count). The summed E-state index contributed by atoms with van der Waals surface area (Å²) in [6.07, 6.45) is 5.81. The maximum atomic E-state index is 4.94. The van der Waals surface area contributed by atoms with Crippen molar-refractivity contribution in [2.45, 2.75) is 60.3 Å². The predicted octanol–water partition coefficient (Wildman–Crippen LogP) is 18.4. The second kappa shape index (κ2) is 22.4. The van der Waals surface area contributed by atoms with Crippen molar-refractivity contribution < 1.29 is 0 Å². The zero-order chi connectivity index (χ0) is 53.8. The van der Waals surface area contributed by atoms with Crippen molar-refractivity contribution in [3.05, 3.63) is 293 Å². The molecule has 0 bridgehead atoms. The Hall–Kier alpha value is -9.19. The second-order valence-electron chi connectivity index (χ2n) is 21.3. The fourth-order valence-corrected chi connectivity index (χ4v) is 11.5. The summed E-state index contributed by atoms with van der Waals surface area (Å²) in [6, 6.07) is 86.9. The van der Waals surface area contributed by atoms with E-state index in [-0.39, 0.29) is 0 Å². The van der Waals surface area contributed by atoms with Gasteiger partial charge in [-0.3, -0.25) is 4.98 Å². The van der Waals surface area contributed by atoms with Crippen molar-refractivity contribution in [1.82, 2.24) is 4.98 Å². The van der Waals surface area contributed by atoms with Crippen molar-refractivity contribution >= 4 is 22.7 Å². The molecular formula is C74H67N5. The van der Waals surface area contributed by atoms with Crippen LogP contribution in [-0.4, -0.2) is 18.3 Å². The predicted molar refractivity (Wildman–Crippen MR) is 333 cm³/mol. The van der Waals surface area contributed by atoms with Crippen LogP contribution in [0.5, 0.6) is 0 Å². The third-order valence-electron chi connectivity index (χ3n) is 16.5. The summed E-state index contributed by atoms with van der Waals surface area (Å²) in [7, 11) is 0. The largest absolute Gasteiger partial charge is 0.325 e. The molecule has 0 aliphatic carbocycles. The molecule has 2 aliphatic rings.